The monoisotopic (exact) mass is 335 g/mol. The lowest BCUT2D eigenvalue weighted by molar-refractivity contribution is 0.0715. The lowest BCUT2D eigenvalue weighted by Crippen LogP contribution is -2.45. The van der Waals surface area contributed by atoms with Gasteiger partial charge >= 0.3 is 0 Å². The average molecular weight is 335 g/mol. The van der Waals surface area contributed by atoms with Gasteiger partial charge in [-0.15, -0.1) is 0 Å². The van der Waals surface area contributed by atoms with E-state index in [0.717, 1.165) is 19.3 Å². The molecule has 2 aliphatic heterocycles. The maximum Gasteiger partial charge on any atom is 0.287 e. The van der Waals surface area contributed by atoms with E-state index in [9.17, 15) is 9.59 Å². The van der Waals surface area contributed by atoms with Crippen LogP contribution in [0.15, 0.2) is 47.1 Å². The van der Waals surface area contributed by atoms with E-state index in [1.54, 1.807) is 36.4 Å². The standard InChI is InChI=1S/C19H17N3O3/c20-11-12-3-1-4-13(9-12)19(24)22-14-6-7-16(22)15(10-14)21-18(23)17-5-2-8-25-17/h1-5,8-9,14-16H,6-7,10H2,(H,21,23)/t14?,15-,16?/m0/s1. The van der Waals surface area contributed by atoms with Crippen LogP contribution in [0.1, 0.15) is 45.7 Å². The molecule has 126 valence electrons. The number of carbonyl (C=O) groups excluding carboxylic acids is 2. The number of furan rings is 1. The van der Waals surface area contributed by atoms with Crippen molar-refractivity contribution in [2.45, 2.75) is 37.4 Å². The van der Waals surface area contributed by atoms with E-state index < -0.39 is 0 Å². The Morgan fingerprint density at radius 3 is 2.88 bits per heavy atom. The molecular weight excluding hydrogens is 318 g/mol. The maximum absolute atomic E-state index is 12.9. The number of fused-ring (bicyclic) bond motifs is 2. The highest BCUT2D eigenvalue weighted by Gasteiger charge is 2.49. The molecule has 6 heteroatoms. The number of hydrogen-bond acceptors (Lipinski definition) is 4. The van der Waals surface area contributed by atoms with Crippen molar-refractivity contribution in [2.75, 3.05) is 0 Å². The smallest absolute Gasteiger partial charge is 0.287 e. The molecule has 0 saturated carbocycles. The van der Waals surface area contributed by atoms with Gasteiger partial charge in [-0.2, -0.15) is 5.26 Å². The highest BCUT2D eigenvalue weighted by Crippen LogP contribution is 2.39. The minimum atomic E-state index is -0.249. The predicted molar refractivity (Wildman–Crippen MR) is 88.7 cm³/mol. The van der Waals surface area contributed by atoms with Crippen molar-refractivity contribution < 1.29 is 14.0 Å². The zero-order valence-corrected chi connectivity index (χ0v) is 13.5. The first-order chi connectivity index (χ1) is 12.2. The summed E-state index contributed by atoms with van der Waals surface area (Å²) in [4.78, 5) is 27.0. The van der Waals surface area contributed by atoms with Crippen LogP contribution in [0.25, 0.3) is 0 Å². The van der Waals surface area contributed by atoms with Gasteiger partial charge in [0.15, 0.2) is 5.76 Å². The Morgan fingerprint density at radius 1 is 1.24 bits per heavy atom. The summed E-state index contributed by atoms with van der Waals surface area (Å²) in [6.45, 7) is 0. The fourth-order valence-electron chi connectivity index (χ4n) is 3.98. The molecule has 0 spiro atoms. The SMILES string of the molecule is N#Cc1cccc(C(=O)N2C3CCC2[C@@H](NC(=O)c2ccco2)C3)c1. The molecule has 2 fully saturated rings. The quantitative estimate of drug-likeness (QED) is 0.932. The first-order valence-corrected chi connectivity index (χ1v) is 8.34. The van der Waals surface area contributed by atoms with Gasteiger partial charge in [-0.05, 0) is 49.6 Å². The topological polar surface area (TPSA) is 86.3 Å². The summed E-state index contributed by atoms with van der Waals surface area (Å²) in [5.41, 5.74) is 0.994. The molecule has 0 aliphatic carbocycles. The van der Waals surface area contributed by atoms with Gasteiger partial charge in [0.25, 0.3) is 11.8 Å². The zero-order chi connectivity index (χ0) is 17.4. The van der Waals surface area contributed by atoms with Crippen LogP contribution in [0.5, 0.6) is 0 Å². The van der Waals surface area contributed by atoms with Crippen molar-refractivity contribution in [3.8, 4) is 6.07 Å². The van der Waals surface area contributed by atoms with Gasteiger partial charge in [-0.1, -0.05) is 6.07 Å². The molecule has 4 rings (SSSR count). The van der Waals surface area contributed by atoms with Crippen LogP contribution in [0, 0.1) is 11.3 Å². The average Bonchev–Trinajstić information content (AvgIpc) is 3.37. The number of rotatable bonds is 3. The van der Waals surface area contributed by atoms with Gasteiger partial charge in [0.1, 0.15) is 0 Å². The number of nitrogens with one attached hydrogen (secondary N) is 1. The summed E-state index contributed by atoms with van der Waals surface area (Å²) in [7, 11) is 0. The third-order valence-electron chi connectivity index (χ3n) is 5.07. The lowest BCUT2D eigenvalue weighted by atomic mass is 9.95. The highest BCUT2D eigenvalue weighted by molar-refractivity contribution is 5.96. The van der Waals surface area contributed by atoms with Crippen molar-refractivity contribution in [3.05, 3.63) is 59.5 Å². The van der Waals surface area contributed by atoms with Crippen LogP contribution in [-0.4, -0.2) is 34.8 Å². The highest BCUT2D eigenvalue weighted by atomic mass is 16.3. The minimum absolute atomic E-state index is 0.0119. The fourth-order valence-corrected chi connectivity index (χ4v) is 3.98. The Balaban J connectivity index is 1.51. The van der Waals surface area contributed by atoms with Gasteiger partial charge < -0.3 is 14.6 Å². The molecule has 2 saturated heterocycles. The van der Waals surface area contributed by atoms with E-state index >= 15 is 0 Å². The molecule has 2 bridgehead atoms. The Bertz CT molecular complexity index is 853. The molecule has 1 N–H and O–H groups in total. The number of nitrogens with zero attached hydrogens (tertiary/aromatic N) is 2. The summed E-state index contributed by atoms with van der Waals surface area (Å²) in [6, 6.07) is 12.2. The Labute approximate surface area is 145 Å². The van der Waals surface area contributed by atoms with Gasteiger partial charge in [0, 0.05) is 11.6 Å². The number of amides is 2. The molecule has 3 heterocycles. The van der Waals surface area contributed by atoms with Crippen LogP contribution in [0.2, 0.25) is 0 Å². The van der Waals surface area contributed by atoms with E-state index in [1.807, 2.05) is 4.90 Å². The van der Waals surface area contributed by atoms with Gasteiger partial charge in [-0.25, -0.2) is 0 Å². The first kappa shape index (κ1) is 15.5. The van der Waals surface area contributed by atoms with E-state index in [0.29, 0.717) is 11.1 Å². The Morgan fingerprint density at radius 2 is 2.12 bits per heavy atom. The third kappa shape index (κ3) is 2.68. The summed E-state index contributed by atoms with van der Waals surface area (Å²) >= 11 is 0. The number of benzene rings is 1. The van der Waals surface area contributed by atoms with Gasteiger partial charge in [0.2, 0.25) is 0 Å². The number of nitriles is 1. The molecule has 2 amide bonds. The second-order valence-corrected chi connectivity index (χ2v) is 6.50. The third-order valence-corrected chi connectivity index (χ3v) is 5.07. The second-order valence-electron chi connectivity index (χ2n) is 6.50. The van der Waals surface area contributed by atoms with Crippen LogP contribution < -0.4 is 5.32 Å². The fraction of sp³-hybridized carbons (Fsp3) is 0.316. The lowest BCUT2D eigenvalue weighted by Gasteiger charge is -2.25. The molecular formula is C19H17N3O3. The minimum Gasteiger partial charge on any atom is -0.459 e. The van der Waals surface area contributed by atoms with Crippen molar-refractivity contribution in [1.82, 2.24) is 10.2 Å². The van der Waals surface area contributed by atoms with Gasteiger partial charge in [0.05, 0.1) is 30.0 Å². The van der Waals surface area contributed by atoms with E-state index in [1.165, 1.54) is 6.26 Å². The van der Waals surface area contributed by atoms with E-state index in [2.05, 4.69) is 11.4 Å². The van der Waals surface area contributed by atoms with Crippen molar-refractivity contribution in [3.63, 3.8) is 0 Å². The largest absolute Gasteiger partial charge is 0.459 e. The van der Waals surface area contributed by atoms with Crippen LogP contribution in [0.4, 0.5) is 0 Å². The zero-order valence-electron chi connectivity index (χ0n) is 13.5. The van der Waals surface area contributed by atoms with Crippen molar-refractivity contribution >= 4 is 11.8 Å². The summed E-state index contributed by atoms with van der Waals surface area (Å²) in [5.74, 6) is -0.0388. The first-order valence-electron chi connectivity index (χ1n) is 8.34. The van der Waals surface area contributed by atoms with E-state index in [4.69, 9.17) is 9.68 Å². The van der Waals surface area contributed by atoms with Crippen molar-refractivity contribution in [2.24, 2.45) is 0 Å². The summed E-state index contributed by atoms with van der Waals surface area (Å²) in [6.07, 6.45) is 4.04. The van der Waals surface area contributed by atoms with Gasteiger partial charge in [-0.3, -0.25) is 9.59 Å². The second kappa shape index (κ2) is 6.10. The Hall–Kier alpha value is -3.07. The molecule has 3 atom stereocenters. The molecule has 2 aliphatic rings. The molecule has 6 nitrogen and oxygen atoms in total. The predicted octanol–water partition coefficient (Wildman–Crippen LogP) is 2.33. The molecule has 2 aromatic rings. The normalized spacial score (nSPS) is 24.1. The van der Waals surface area contributed by atoms with E-state index in [-0.39, 0.29) is 35.7 Å². The summed E-state index contributed by atoms with van der Waals surface area (Å²) < 4.78 is 5.13. The molecule has 0 radical (unpaired) electrons. The Kier molecular flexibility index (Phi) is 3.77. The number of hydrogen-bond donors (Lipinski definition) is 1. The van der Waals surface area contributed by atoms with Crippen LogP contribution in [-0.2, 0) is 0 Å². The molecule has 1 aromatic heterocycles. The molecule has 25 heavy (non-hydrogen) atoms. The molecule has 2 unspecified atom stereocenters. The van der Waals surface area contributed by atoms with Crippen LogP contribution in [0.3, 0.4) is 0 Å². The van der Waals surface area contributed by atoms with Crippen molar-refractivity contribution in [1.29, 1.82) is 5.26 Å². The summed E-state index contributed by atoms with van der Waals surface area (Å²) in [5, 5.41) is 12.0. The van der Waals surface area contributed by atoms with Crippen LogP contribution >= 0.6 is 0 Å². The molecule has 1 aromatic carbocycles. The number of carbonyl (C=O) groups is 2. The maximum atomic E-state index is 12.9.